The van der Waals surface area contributed by atoms with Crippen LogP contribution in [0.15, 0.2) is 9.85 Å². The number of hydrogen-bond acceptors (Lipinski definition) is 2. The molecule has 0 saturated heterocycles. The number of aryl methyl sites for hydroxylation is 1. The molecule has 0 aliphatic carbocycles. The minimum absolute atomic E-state index is 0.386. The molecule has 104 valence electrons. The van der Waals surface area contributed by atoms with Crippen LogP contribution < -0.4 is 0 Å². The van der Waals surface area contributed by atoms with Crippen molar-refractivity contribution in [1.82, 2.24) is 0 Å². The van der Waals surface area contributed by atoms with E-state index in [-0.39, 0.29) is 0 Å². The fourth-order valence-corrected chi connectivity index (χ4v) is 7.04. The molecule has 0 bridgehead atoms. The molecule has 0 radical (unpaired) electrons. The number of fused-ring (bicyclic) bond motifs is 1. The number of carbonyl (C=O) groups is 1. The minimum atomic E-state index is 0.386. The summed E-state index contributed by atoms with van der Waals surface area (Å²) >= 11 is 5.53. The van der Waals surface area contributed by atoms with Gasteiger partial charge in [-0.1, -0.05) is 0 Å². The van der Waals surface area contributed by atoms with E-state index in [1.54, 1.807) is 15.8 Å². The van der Waals surface area contributed by atoms with Crippen molar-refractivity contribution in [2.24, 2.45) is 0 Å². The number of rotatable bonds is 8. The van der Waals surface area contributed by atoms with Gasteiger partial charge in [0.2, 0.25) is 0 Å². The molecular formula is C15H19BrOSSe. The van der Waals surface area contributed by atoms with Crippen LogP contribution >= 0.6 is 27.3 Å². The van der Waals surface area contributed by atoms with Crippen molar-refractivity contribution in [2.45, 2.75) is 51.9 Å². The summed E-state index contributed by atoms with van der Waals surface area (Å²) in [5, 5.41) is 1.29. The fourth-order valence-electron chi connectivity index (χ4n) is 2.25. The molecule has 0 amide bonds. The molecule has 1 nitrogen and oxygen atoms in total. The Bertz CT molecular complexity index is 544. The monoisotopic (exact) mass is 406 g/mol. The molecular weight excluding hydrogens is 387 g/mol. The number of carbonyl (C=O) groups excluding carboxylic acids is 1. The summed E-state index contributed by atoms with van der Waals surface area (Å²) < 4.78 is 3.99. The molecule has 2 aromatic rings. The maximum atomic E-state index is 11.0. The first-order valence-corrected chi connectivity index (χ1v) is 10.2. The molecule has 2 rings (SSSR count). The maximum absolute atomic E-state index is 11.0. The molecule has 0 aliphatic heterocycles. The van der Waals surface area contributed by atoms with Crippen LogP contribution in [0.3, 0.4) is 0 Å². The van der Waals surface area contributed by atoms with Crippen molar-refractivity contribution in [2.75, 3.05) is 0 Å². The Hall–Kier alpha value is 0.109. The van der Waals surface area contributed by atoms with E-state index in [1.165, 1.54) is 54.6 Å². The van der Waals surface area contributed by atoms with Crippen LogP contribution in [0.1, 0.15) is 59.6 Å². The molecule has 0 atom stereocenters. The second-order valence-electron chi connectivity index (χ2n) is 4.83. The summed E-state index contributed by atoms with van der Waals surface area (Å²) in [4.78, 5) is 12.0. The Kier molecular flexibility index (Phi) is 6.34. The molecule has 19 heavy (non-hydrogen) atoms. The molecule has 0 fully saturated rings. The Morgan fingerprint density at radius 3 is 2.74 bits per heavy atom. The first-order chi connectivity index (χ1) is 9.26. The van der Waals surface area contributed by atoms with Gasteiger partial charge in [0.05, 0.1) is 0 Å². The van der Waals surface area contributed by atoms with Crippen molar-refractivity contribution in [3.63, 3.8) is 0 Å². The van der Waals surface area contributed by atoms with E-state index in [4.69, 9.17) is 0 Å². The molecule has 0 saturated carbocycles. The van der Waals surface area contributed by atoms with Crippen molar-refractivity contribution in [1.29, 1.82) is 0 Å². The molecule has 0 aromatic carbocycles. The second kappa shape index (κ2) is 7.78. The van der Waals surface area contributed by atoms with E-state index in [1.807, 2.05) is 0 Å². The standard InChI is InChI=1S/C15H19BrOSSe/c1-2-3-4-5-6-7-8-11-9-12-14(19-11)13(10-17)18-15(12)16/h9-10H,2-8H2,1H3. The van der Waals surface area contributed by atoms with Gasteiger partial charge < -0.3 is 0 Å². The van der Waals surface area contributed by atoms with Crippen molar-refractivity contribution >= 4 is 57.7 Å². The Morgan fingerprint density at radius 1 is 1.26 bits per heavy atom. The quantitative estimate of drug-likeness (QED) is 0.324. The van der Waals surface area contributed by atoms with Gasteiger partial charge in [0, 0.05) is 0 Å². The number of halogens is 1. The van der Waals surface area contributed by atoms with Crippen LogP contribution in [0.25, 0.3) is 9.65 Å². The molecule has 2 aromatic heterocycles. The number of thiophene rings is 1. The zero-order valence-corrected chi connectivity index (χ0v) is 15.3. The van der Waals surface area contributed by atoms with Gasteiger partial charge in [-0.15, -0.1) is 0 Å². The topological polar surface area (TPSA) is 17.1 Å². The number of unbranched alkanes of at least 4 members (excludes halogenated alkanes) is 5. The third-order valence-corrected chi connectivity index (χ3v) is 8.00. The predicted molar refractivity (Wildman–Crippen MR) is 88.9 cm³/mol. The Morgan fingerprint density at radius 2 is 2.00 bits per heavy atom. The van der Waals surface area contributed by atoms with Crippen LogP contribution in [0.4, 0.5) is 0 Å². The van der Waals surface area contributed by atoms with Crippen LogP contribution in [0.5, 0.6) is 0 Å². The molecule has 4 heteroatoms. The van der Waals surface area contributed by atoms with Gasteiger partial charge in [0.25, 0.3) is 0 Å². The van der Waals surface area contributed by atoms with Crippen LogP contribution in [0.2, 0.25) is 0 Å². The van der Waals surface area contributed by atoms with Gasteiger partial charge in [0.1, 0.15) is 0 Å². The molecule has 0 spiro atoms. The average Bonchev–Trinajstić information content (AvgIpc) is 2.94. The van der Waals surface area contributed by atoms with E-state index < -0.39 is 0 Å². The normalized spacial score (nSPS) is 11.3. The SMILES string of the molecule is CCCCCCCCc1cc2c(Br)sc(C=O)c2[se]1. The summed E-state index contributed by atoms with van der Waals surface area (Å²) in [7, 11) is 0. The van der Waals surface area contributed by atoms with Gasteiger partial charge in [-0.25, -0.2) is 0 Å². The average molecular weight is 406 g/mol. The predicted octanol–water partition coefficient (Wildman–Crippen LogP) is 5.44. The third kappa shape index (κ3) is 4.04. The Balaban J connectivity index is 1.89. The zero-order valence-electron chi connectivity index (χ0n) is 11.2. The summed E-state index contributed by atoms with van der Waals surface area (Å²) in [6.45, 7) is 2.26. The van der Waals surface area contributed by atoms with Gasteiger partial charge in [0.15, 0.2) is 0 Å². The summed E-state index contributed by atoms with van der Waals surface area (Å²) in [5.41, 5.74) is 0. The first kappa shape index (κ1) is 15.5. The van der Waals surface area contributed by atoms with Crippen molar-refractivity contribution in [3.05, 3.63) is 19.2 Å². The summed E-state index contributed by atoms with van der Waals surface area (Å²) in [6.07, 6.45) is 10.3. The van der Waals surface area contributed by atoms with E-state index in [0.29, 0.717) is 14.5 Å². The van der Waals surface area contributed by atoms with E-state index in [9.17, 15) is 4.79 Å². The zero-order chi connectivity index (χ0) is 13.7. The number of aldehydes is 1. The van der Waals surface area contributed by atoms with Gasteiger partial charge >= 0.3 is 134 Å². The van der Waals surface area contributed by atoms with Crippen molar-refractivity contribution in [3.8, 4) is 0 Å². The second-order valence-corrected chi connectivity index (χ2v) is 9.59. The molecule has 0 aliphatic rings. The number of hydrogen-bond donors (Lipinski definition) is 0. The molecule has 2 heterocycles. The molecule has 0 unspecified atom stereocenters. The Labute approximate surface area is 133 Å². The van der Waals surface area contributed by atoms with E-state index >= 15 is 0 Å². The van der Waals surface area contributed by atoms with E-state index in [0.717, 1.165) is 14.9 Å². The van der Waals surface area contributed by atoms with Gasteiger partial charge in [-0.3, -0.25) is 0 Å². The summed E-state index contributed by atoms with van der Waals surface area (Å²) in [6, 6.07) is 2.31. The fraction of sp³-hybridized carbons (Fsp3) is 0.533. The van der Waals surface area contributed by atoms with Crippen LogP contribution in [-0.4, -0.2) is 20.8 Å². The van der Waals surface area contributed by atoms with Crippen molar-refractivity contribution < 1.29 is 4.79 Å². The van der Waals surface area contributed by atoms with Gasteiger partial charge in [-0.05, 0) is 0 Å². The van der Waals surface area contributed by atoms with E-state index in [2.05, 4.69) is 28.9 Å². The first-order valence-electron chi connectivity index (χ1n) is 6.92. The molecule has 0 N–H and O–H groups in total. The van der Waals surface area contributed by atoms with Crippen LogP contribution in [-0.2, 0) is 6.42 Å². The summed E-state index contributed by atoms with van der Waals surface area (Å²) in [5.74, 6) is 0. The van der Waals surface area contributed by atoms with Crippen LogP contribution in [0, 0.1) is 0 Å². The third-order valence-electron chi connectivity index (χ3n) is 3.30. The van der Waals surface area contributed by atoms with Gasteiger partial charge in [-0.2, -0.15) is 0 Å².